The topological polar surface area (TPSA) is 68.0 Å². The molecule has 0 unspecified atom stereocenters. The molecule has 0 bridgehead atoms. The van der Waals surface area contributed by atoms with E-state index in [-0.39, 0.29) is 5.91 Å². The summed E-state index contributed by atoms with van der Waals surface area (Å²) in [5.41, 5.74) is 7.99. The molecule has 0 fully saturated rings. The van der Waals surface area contributed by atoms with E-state index >= 15 is 0 Å². The number of para-hydroxylation sites is 1. The van der Waals surface area contributed by atoms with Crippen LogP contribution >= 0.6 is 11.6 Å². The number of carbonyl (C=O) groups is 1. The van der Waals surface area contributed by atoms with E-state index in [1.807, 2.05) is 30.3 Å². The first-order valence-corrected chi connectivity index (χ1v) is 6.72. The number of amides is 1. The van der Waals surface area contributed by atoms with Gasteiger partial charge < -0.3 is 11.1 Å². The monoisotopic (exact) mass is 297 g/mol. The van der Waals surface area contributed by atoms with Gasteiger partial charge in [-0.1, -0.05) is 29.8 Å². The van der Waals surface area contributed by atoms with E-state index in [1.54, 1.807) is 24.4 Å². The first-order valence-electron chi connectivity index (χ1n) is 6.34. The van der Waals surface area contributed by atoms with E-state index in [1.165, 1.54) is 0 Å². The molecule has 104 valence electrons. The number of benzene rings is 2. The predicted molar refractivity (Wildman–Crippen MR) is 85.6 cm³/mol. The molecule has 0 saturated heterocycles. The highest BCUT2D eigenvalue weighted by Gasteiger charge is 2.11. The standard InChI is InChI=1S/C16H12ClN3O/c17-14-6-5-11(18)8-13(14)16(21)20-12-7-10-3-1-2-4-15(10)19-9-12/h1-9H,18H2,(H,20,21). The fourth-order valence-corrected chi connectivity index (χ4v) is 2.26. The molecule has 0 aliphatic rings. The lowest BCUT2D eigenvalue weighted by Crippen LogP contribution is -2.13. The van der Waals surface area contributed by atoms with Crippen LogP contribution in [0.1, 0.15) is 10.4 Å². The minimum absolute atomic E-state index is 0.315. The van der Waals surface area contributed by atoms with E-state index in [0.29, 0.717) is 22.0 Å². The third-order valence-electron chi connectivity index (χ3n) is 3.08. The first kappa shape index (κ1) is 13.4. The predicted octanol–water partition coefficient (Wildman–Crippen LogP) is 3.72. The quantitative estimate of drug-likeness (QED) is 0.708. The SMILES string of the molecule is Nc1ccc(Cl)c(C(=O)Nc2cnc3ccccc3c2)c1. The van der Waals surface area contributed by atoms with Gasteiger partial charge in [0.05, 0.1) is 28.0 Å². The number of nitrogens with zero attached hydrogens (tertiary/aromatic N) is 1. The Labute approximate surface area is 126 Å². The summed E-state index contributed by atoms with van der Waals surface area (Å²) in [6.07, 6.45) is 1.61. The number of nitrogens with one attached hydrogen (secondary N) is 1. The maximum Gasteiger partial charge on any atom is 0.257 e. The van der Waals surface area contributed by atoms with Crippen molar-refractivity contribution >= 4 is 39.8 Å². The highest BCUT2D eigenvalue weighted by atomic mass is 35.5. The lowest BCUT2D eigenvalue weighted by molar-refractivity contribution is 0.102. The molecule has 5 heteroatoms. The van der Waals surface area contributed by atoms with Crippen molar-refractivity contribution in [1.82, 2.24) is 4.98 Å². The van der Waals surface area contributed by atoms with Crippen LogP contribution in [0.2, 0.25) is 5.02 Å². The molecule has 1 heterocycles. The lowest BCUT2D eigenvalue weighted by Gasteiger charge is -2.08. The second-order valence-electron chi connectivity index (χ2n) is 4.61. The third kappa shape index (κ3) is 2.80. The summed E-state index contributed by atoms with van der Waals surface area (Å²) >= 11 is 6.02. The summed E-state index contributed by atoms with van der Waals surface area (Å²) in [7, 11) is 0. The molecule has 0 aliphatic carbocycles. The van der Waals surface area contributed by atoms with Crippen LogP contribution in [0.15, 0.2) is 54.7 Å². The second-order valence-corrected chi connectivity index (χ2v) is 5.02. The van der Waals surface area contributed by atoms with Crippen molar-refractivity contribution in [3.8, 4) is 0 Å². The van der Waals surface area contributed by atoms with Crippen molar-refractivity contribution in [2.24, 2.45) is 0 Å². The number of nitrogens with two attached hydrogens (primary N) is 1. The van der Waals surface area contributed by atoms with E-state index in [4.69, 9.17) is 17.3 Å². The first-order chi connectivity index (χ1) is 10.1. The van der Waals surface area contributed by atoms with Crippen molar-refractivity contribution in [3.63, 3.8) is 0 Å². The van der Waals surface area contributed by atoms with Crippen LogP contribution in [0.3, 0.4) is 0 Å². The Morgan fingerprint density at radius 3 is 2.81 bits per heavy atom. The van der Waals surface area contributed by atoms with E-state index in [9.17, 15) is 4.79 Å². The van der Waals surface area contributed by atoms with Crippen LogP contribution in [0, 0.1) is 0 Å². The second kappa shape index (κ2) is 5.42. The number of anilines is 2. The molecular weight excluding hydrogens is 286 g/mol. The minimum atomic E-state index is -0.315. The smallest absolute Gasteiger partial charge is 0.257 e. The van der Waals surface area contributed by atoms with Gasteiger partial charge in [-0.25, -0.2) is 0 Å². The van der Waals surface area contributed by atoms with Gasteiger partial charge in [-0.15, -0.1) is 0 Å². The van der Waals surface area contributed by atoms with Crippen molar-refractivity contribution in [2.75, 3.05) is 11.1 Å². The average Bonchev–Trinajstić information content (AvgIpc) is 2.49. The summed E-state index contributed by atoms with van der Waals surface area (Å²) in [6, 6.07) is 14.3. The number of nitrogen functional groups attached to an aromatic ring is 1. The molecule has 0 atom stereocenters. The third-order valence-corrected chi connectivity index (χ3v) is 3.41. The lowest BCUT2D eigenvalue weighted by atomic mass is 10.1. The van der Waals surface area contributed by atoms with Gasteiger partial charge in [-0.05, 0) is 30.3 Å². The Hall–Kier alpha value is -2.59. The highest BCUT2D eigenvalue weighted by Crippen LogP contribution is 2.21. The number of rotatable bonds is 2. The fraction of sp³-hybridized carbons (Fsp3) is 0. The van der Waals surface area contributed by atoms with E-state index in [0.717, 1.165) is 10.9 Å². The summed E-state index contributed by atoms with van der Waals surface area (Å²) in [5.74, 6) is -0.315. The number of aromatic nitrogens is 1. The van der Waals surface area contributed by atoms with Crippen LogP contribution in [0.4, 0.5) is 11.4 Å². The Bertz CT molecular complexity index is 833. The van der Waals surface area contributed by atoms with Gasteiger partial charge in [0.1, 0.15) is 0 Å². The van der Waals surface area contributed by atoms with E-state index < -0.39 is 0 Å². The van der Waals surface area contributed by atoms with Crippen LogP contribution in [-0.2, 0) is 0 Å². The van der Waals surface area contributed by atoms with Gasteiger partial charge in [-0.3, -0.25) is 9.78 Å². The van der Waals surface area contributed by atoms with Crippen LogP contribution in [-0.4, -0.2) is 10.9 Å². The molecule has 3 N–H and O–H groups in total. The van der Waals surface area contributed by atoms with Crippen LogP contribution in [0.5, 0.6) is 0 Å². The molecule has 0 radical (unpaired) electrons. The number of pyridine rings is 1. The van der Waals surface area contributed by atoms with Crippen molar-refractivity contribution in [3.05, 3.63) is 65.3 Å². The molecule has 1 aromatic heterocycles. The average molecular weight is 298 g/mol. The molecule has 0 saturated carbocycles. The molecule has 0 spiro atoms. The molecule has 21 heavy (non-hydrogen) atoms. The maximum absolute atomic E-state index is 12.2. The molecule has 3 rings (SSSR count). The summed E-state index contributed by atoms with van der Waals surface area (Å²) < 4.78 is 0. The zero-order chi connectivity index (χ0) is 14.8. The highest BCUT2D eigenvalue weighted by molar-refractivity contribution is 6.34. The number of hydrogen-bond donors (Lipinski definition) is 2. The fourth-order valence-electron chi connectivity index (χ4n) is 2.05. The molecule has 2 aromatic carbocycles. The van der Waals surface area contributed by atoms with Gasteiger partial charge in [-0.2, -0.15) is 0 Å². The van der Waals surface area contributed by atoms with Crippen LogP contribution in [0.25, 0.3) is 10.9 Å². The molecule has 0 aliphatic heterocycles. The van der Waals surface area contributed by atoms with Gasteiger partial charge >= 0.3 is 0 Å². The maximum atomic E-state index is 12.2. The Kier molecular flexibility index (Phi) is 3.46. The number of carbonyl (C=O) groups excluding carboxylic acids is 1. The Balaban J connectivity index is 1.90. The van der Waals surface area contributed by atoms with Crippen molar-refractivity contribution in [1.29, 1.82) is 0 Å². The summed E-state index contributed by atoms with van der Waals surface area (Å²) in [5, 5.41) is 4.09. The minimum Gasteiger partial charge on any atom is -0.399 e. The van der Waals surface area contributed by atoms with E-state index in [2.05, 4.69) is 10.3 Å². The zero-order valence-corrected chi connectivity index (χ0v) is 11.8. The molecule has 4 nitrogen and oxygen atoms in total. The van der Waals surface area contributed by atoms with Crippen molar-refractivity contribution < 1.29 is 4.79 Å². The van der Waals surface area contributed by atoms with Crippen LogP contribution < -0.4 is 11.1 Å². The number of fused-ring (bicyclic) bond motifs is 1. The molecule has 3 aromatic rings. The number of halogens is 1. The Morgan fingerprint density at radius 2 is 1.95 bits per heavy atom. The van der Waals surface area contributed by atoms with Gasteiger partial charge in [0, 0.05) is 11.1 Å². The summed E-state index contributed by atoms with van der Waals surface area (Å²) in [4.78, 5) is 16.5. The molecule has 1 amide bonds. The number of hydrogen-bond acceptors (Lipinski definition) is 3. The van der Waals surface area contributed by atoms with Gasteiger partial charge in [0.25, 0.3) is 5.91 Å². The molecular formula is C16H12ClN3O. The van der Waals surface area contributed by atoms with Gasteiger partial charge in [0.15, 0.2) is 0 Å². The zero-order valence-electron chi connectivity index (χ0n) is 11.0. The van der Waals surface area contributed by atoms with Crippen molar-refractivity contribution in [2.45, 2.75) is 0 Å². The van der Waals surface area contributed by atoms with Gasteiger partial charge in [0.2, 0.25) is 0 Å². The normalized spacial score (nSPS) is 10.5. The summed E-state index contributed by atoms with van der Waals surface area (Å²) in [6.45, 7) is 0. The largest absolute Gasteiger partial charge is 0.399 e. The Morgan fingerprint density at radius 1 is 1.14 bits per heavy atom.